The van der Waals surface area contributed by atoms with Crippen LogP contribution in [0.4, 0.5) is 5.69 Å². The fraction of sp³-hybridized carbons (Fsp3) is 0.150. The molecule has 1 aliphatic rings. The number of aryl methyl sites for hydroxylation is 2. The zero-order chi connectivity index (χ0) is 17.6. The Labute approximate surface area is 144 Å². The first kappa shape index (κ1) is 15.3. The molecular formula is C20H16N2O3. The lowest BCUT2D eigenvalue weighted by Gasteiger charge is -2.10. The molecule has 5 nitrogen and oxygen atoms in total. The Morgan fingerprint density at radius 3 is 2.52 bits per heavy atom. The number of fused-ring (bicyclic) bond motifs is 3. The van der Waals surface area contributed by atoms with Gasteiger partial charge in [-0.15, -0.1) is 0 Å². The second-order valence-corrected chi connectivity index (χ2v) is 6.16. The van der Waals surface area contributed by atoms with Gasteiger partial charge in [0.15, 0.2) is 11.5 Å². The number of rotatable bonds is 3. The highest BCUT2D eigenvalue weighted by atomic mass is 16.4. The number of benzene rings is 2. The van der Waals surface area contributed by atoms with Crippen molar-refractivity contribution in [1.82, 2.24) is 4.98 Å². The summed E-state index contributed by atoms with van der Waals surface area (Å²) in [5.41, 5.74) is 4.37. The van der Waals surface area contributed by atoms with E-state index in [2.05, 4.69) is 16.4 Å². The van der Waals surface area contributed by atoms with Gasteiger partial charge < -0.3 is 9.73 Å². The molecule has 3 aromatic rings. The van der Waals surface area contributed by atoms with Crippen LogP contribution < -0.4 is 5.32 Å². The second-order valence-electron chi connectivity index (χ2n) is 6.16. The molecule has 0 unspecified atom stereocenters. The molecule has 1 aliphatic carbocycles. The molecule has 2 aromatic carbocycles. The molecule has 25 heavy (non-hydrogen) atoms. The third-order valence-electron chi connectivity index (χ3n) is 4.32. The average Bonchev–Trinajstić information content (AvgIpc) is 3.03. The van der Waals surface area contributed by atoms with E-state index in [0.717, 1.165) is 11.3 Å². The molecule has 0 radical (unpaired) electrons. The number of hydrogen-bond donors (Lipinski definition) is 1. The lowest BCUT2D eigenvalue weighted by atomic mass is 9.91. The van der Waals surface area contributed by atoms with Crippen molar-refractivity contribution >= 4 is 17.3 Å². The van der Waals surface area contributed by atoms with Gasteiger partial charge in [0.25, 0.3) is 5.78 Å². The van der Waals surface area contributed by atoms with E-state index in [0.29, 0.717) is 29.3 Å². The number of aromatic nitrogens is 1. The number of oxazole rings is 1. The van der Waals surface area contributed by atoms with Crippen molar-refractivity contribution in [3.05, 3.63) is 70.7 Å². The largest absolute Gasteiger partial charge is 0.438 e. The van der Waals surface area contributed by atoms with E-state index in [9.17, 15) is 9.59 Å². The van der Waals surface area contributed by atoms with Crippen LogP contribution in [0.15, 0.2) is 46.9 Å². The fourth-order valence-electron chi connectivity index (χ4n) is 3.07. The number of carbonyl (C=O) groups excluding carboxylic acids is 2. The smallest absolute Gasteiger partial charge is 0.255 e. The summed E-state index contributed by atoms with van der Waals surface area (Å²) in [7, 11) is 0. The van der Waals surface area contributed by atoms with Gasteiger partial charge >= 0.3 is 0 Å². The van der Waals surface area contributed by atoms with E-state index in [-0.39, 0.29) is 5.69 Å². The number of nitrogens with zero attached hydrogens (tertiary/aromatic N) is 1. The summed E-state index contributed by atoms with van der Waals surface area (Å²) in [6.07, 6.45) is 0. The first-order valence-electron chi connectivity index (χ1n) is 8.04. The van der Waals surface area contributed by atoms with Crippen molar-refractivity contribution in [2.24, 2.45) is 0 Å². The van der Waals surface area contributed by atoms with E-state index < -0.39 is 11.6 Å². The van der Waals surface area contributed by atoms with Crippen molar-refractivity contribution in [1.29, 1.82) is 0 Å². The summed E-state index contributed by atoms with van der Waals surface area (Å²) in [5.74, 6) is -0.402. The number of nitrogens with one attached hydrogen (secondary N) is 1. The SMILES string of the molecule is Cc1ccc(NCc2nc3c(o2)-c2ccccc2C(=O)C3=O)c(C)c1. The van der Waals surface area contributed by atoms with Crippen molar-refractivity contribution in [2.75, 3.05) is 5.32 Å². The van der Waals surface area contributed by atoms with Crippen molar-refractivity contribution < 1.29 is 14.0 Å². The van der Waals surface area contributed by atoms with Gasteiger partial charge in [-0.3, -0.25) is 9.59 Å². The van der Waals surface area contributed by atoms with Gasteiger partial charge in [-0.2, -0.15) is 0 Å². The Bertz CT molecular complexity index is 1020. The maximum atomic E-state index is 12.3. The zero-order valence-corrected chi connectivity index (χ0v) is 13.9. The first-order chi connectivity index (χ1) is 12.0. The maximum Gasteiger partial charge on any atom is 0.255 e. The van der Waals surface area contributed by atoms with Crippen LogP contribution in [0, 0.1) is 13.8 Å². The van der Waals surface area contributed by atoms with Crippen molar-refractivity contribution in [2.45, 2.75) is 20.4 Å². The van der Waals surface area contributed by atoms with E-state index >= 15 is 0 Å². The summed E-state index contributed by atoms with van der Waals surface area (Å²) in [4.78, 5) is 28.7. The fourth-order valence-corrected chi connectivity index (χ4v) is 3.07. The molecule has 0 bridgehead atoms. The standard InChI is InChI=1S/C20H16N2O3/c1-11-7-8-15(12(2)9-11)21-10-16-22-17-19(24)18(23)13-5-3-4-6-14(13)20(17)25-16/h3-9,21H,10H2,1-2H3. The summed E-state index contributed by atoms with van der Waals surface area (Å²) < 4.78 is 5.79. The number of carbonyl (C=O) groups is 2. The minimum atomic E-state index is -0.616. The van der Waals surface area contributed by atoms with Gasteiger partial charge in [0.05, 0.1) is 6.54 Å². The zero-order valence-electron chi connectivity index (χ0n) is 13.9. The Morgan fingerprint density at radius 1 is 1.00 bits per heavy atom. The molecule has 1 aromatic heterocycles. The molecule has 124 valence electrons. The van der Waals surface area contributed by atoms with Crippen LogP contribution in [-0.2, 0) is 6.54 Å². The van der Waals surface area contributed by atoms with Gasteiger partial charge in [-0.1, -0.05) is 42.0 Å². The minimum Gasteiger partial charge on any atom is -0.438 e. The van der Waals surface area contributed by atoms with Gasteiger partial charge in [0.2, 0.25) is 11.7 Å². The third kappa shape index (κ3) is 2.54. The van der Waals surface area contributed by atoms with E-state index in [1.54, 1.807) is 18.2 Å². The molecule has 1 heterocycles. The number of ketones is 2. The maximum absolute atomic E-state index is 12.3. The van der Waals surface area contributed by atoms with E-state index in [4.69, 9.17) is 4.42 Å². The monoisotopic (exact) mass is 332 g/mol. The number of Topliss-reactive ketones (excluding diaryl/α,β-unsaturated/α-hetero) is 2. The molecule has 0 spiro atoms. The van der Waals surface area contributed by atoms with E-state index in [1.165, 1.54) is 5.56 Å². The Kier molecular flexibility index (Phi) is 3.50. The molecule has 0 saturated carbocycles. The van der Waals surface area contributed by atoms with Crippen LogP contribution in [-0.4, -0.2) is 16.6 Å². The summed E-state index contributed by atoms with van der Waals surface area (Å²) >= 11 is 0. The minimum absolute atomic E-state index is 0.0983. The lowest BCUT2D eigenvalue weighted by molar-refractivity contribution is 0.0812. The van der Waals surface area contributed by atoms with Gasteiger partial charge in [0, 0.05) is 16.8 Å². The van der Waals surface area contributed by atoms with Crippen LogP contribution in [0.3, 0.4) is 0 Å². The highest BCUT2D eigenvalue weighted by Gasteiger charge is 2.35. The highest BCUT2D eigenvalue weighted by Crippen LogP contribution is 2.34. The van der Waals surface area contributed by atoms with Gasteiger partial charge in [-0.25, -0.2) is 4.98 Å². The molecule has 0 atom stereocenters. The van der Waals surface area contributed by atoms with Crippen LogP contribution in [0.5, 0.6) is 0 Å². The van der Waals surface area contributed by atoms with Crippen LogP contribution in [0.2, 0.25) is 0 Å². The molecule has 0 aliphatic heterocycles. The van der Waals surface area contributed by atoms with Crippen molar-refractivity contribution in [3.8, 4) is 11.3 Å². The number of hydrogen-bond acceptors (Lipinski definition) is 5. The van der Waals surface area contributed by atoms with E-state index in [1.807, 2.05) is 32.0 Å². The summed E-state index contributed by atoms with van der Waals surface area (Å²) in [5, 5.41) is 3.26. The van der Waals surface area contributed by atoms with Crippen molar-refractivity contribution in [3.63, 3.8) is 0 Å². The molecular weight excluding hydrogens is 316 g/mol. The topological polar surface area (TPSA) is 72.2 Å². The summed E-state index contributed by atoms with van der Waals surface area (Å²) in [6.45, 7) is 4.40. The average molecular weight is 332 g/mol. The Hall–Kier alpha value is -3.21. The molecule has 0 saturated heterocycles. The van der Waals surface area contributed by atoms with Crippen LogP contribution >= 0.6 is 0 Å². The van der Waals surface area contributed by atoms with Crippen LogP contribution in [0.25, 0.3) is 11.3 Å². The predicted octanol–water partition coefficient (Wildman–Crippen LogP) is 3.95. The first-order valence-corrected chi connectivity index (χ1v) is 8.04. The van der Waals surface area contributed by atoms with Gasteiger partial charge in [-0.05, 0) is 25.5 Å². The Morgan fingerprint density at radius 2 is 1.76 bits per heavy atom. The molecule has 0 fully saturated rings. The quantitative estimate of drug-likeness (QED) is 0.735. The summed E-state index contributed by atoms with van der Waals surface area (Å²) in [6, 6.07) is 13.0. The molecule has 0 amide bonds. The highest BCUT2D eigenvalue weighted by molar-refractivity contribution is 6.52. The second kappa shape index (κ2) is 5.70. The Balaban J connectivity index is 1.66. The molecule has 1 N–H and O–H groups in total. The molecule has 4 rings (SSSR count). The van der Waals surface area contributed by atoms with Gasteiger partial charge in [0.1, 0.15) is 0 Å². The predicted molar refractivity (Wildman–Crippen MR) is 93.8 cm³/mol. The number of anilines is 1. The normalized spacial score (nSPS) is 12.7. The third-order valence-corrected chi connectivity index (χ3v) is 4.32. The lowest BCUT2D eigenvalue weighted by Crippen LogP contribution is -2.20. The van der Waals surface area contributed by atoms with Crippen LogP contribution in [0.1, 0.15) is 37.9 Å². The molecule has 5 heteroatoms.